The van der Waals surface area contributed by atoms with Gasteiger partial charge in [-0.05, 0) is 34.1 Å². The van der Waals surface area contributed by atoms with Crippen LogP contribution in [-0.2, 0) is 13.1 Å². The summed E-state index contributed by atoms with van der Waals surface area (Å²) in [5.41, 5.74) is 2.80. The molecule has 0 bridgehead atoms. The van der Waals surface area contributed by atoms with E-state index in [2.05, 4.69) is 49.7 Å². The number of aromatic nitrogens is 2. The van der Waals surface area contributed by atoms with Gasteiger partial charge in [0.1, 0.15) is 0 Å². The molecule has 0 unspecified atom stereocenters. The van der Waals surface area contributed by atoms with E-state index in [0.29, 0.717) is 0 Å². The van der Waals surface area contributed by atoms with Crippen LogP contribution < -0.4 is 5.32 Å². The maximum absolute atomic E-state index is 4.53. The fourth-order valence-electron chi connectivity index (χ4n) is 2.29. The highest BCUT2D eigenvalue weighted by Gasteiger charge is 2.11. The minimum absolute atomic E-state index is 0.161. The summed E-state index contributed by atoms with van der Waals surface area (Å²) in [6.45, 7) is 13.0. The maximum Gasteiger partial charge on any atom is 0.0537 e. The molecule has 3 heteroatoms. The molecule has 1 heterocycles. The second kappa shape index (κ2) is 8.46. The van der Waals surface area contributed by atoms with Gasteiger partial charge < -0.3 is 5.32 Å². The van der Waals surface area contributed by atoms with Gasteiger partial charge in [0.2, 0.25) is 0 Å². The van der Waals surface area contributed by atoms with Crippen LogP contribution in [0.4, 0.5) is 0 Å². The van der Waals surface area contributed by atoms with Gasteiger partial charge in [-0.15, -0.1) is 0 Å². The largest absolute Gasteiger partial charge is 0.308 e. The second-order valence-electron chi connectivity index (χ2n) is 6.85. The fourth-order valence-corrected chi connectivity index (χ4v) is 2.29. The van der Waals surface area contributed by atoms with Crippen LogP contribution in [0.15, 0.2) is 6.20 Å². The van der Waals surface area contributed by atoms with Crippen molar-refractivity contribution in [3.63, 3.8) is 0 Å². The second-order valence-corrected chi connectivity index (χ2v) is 6.85. The topological polar surface area (TPSA) is 29.9 Å². The number of nitrogens with zero attached hydrogens (tertiary/aromatic N) is 2. The van der Waals surface area contributed by atoms with Gasteiger partial charge in [0.15, 0.2) is 0 Å². The molecule has 0 radical (unpaired) electrons. The van der Waals surface area contributed by atoms with Crippen molar-refractivity contribution in [3.05, 3.63) is 17.5 Å². The van der Waals surface area contributed by atoms with E-state index in [1.807, 2.05) is 6.20 Å². The Hall–Kier alpha value is -0.830. The summed E-state index contributed by atoms with van der Waals surface area (Å²) in [7, 11) is 0. The minimum Gasteiger partial charge on any atom is -0.308 e. The first-order chi connectivity index (χ1) is 9.44. The zero-order chi connectivity index (χ0) is 15.0. The molecule has 1 rings (SSSR count). The first-order valence-corrected chi connectivity index (χ1v) is 8.20. The van der Waals surface area contributed by atoms with Crippen molar-refractivity contribution in [2.24, 2.45) is 0 Å². The lowest BCUT2D eigenvalue weighted by atomic mass is 10.1. The van der Waals surface area contributed by atoms with Crippen LogP contribution in [0.25, 0.3) is 0 Å². The van der Waals surface area contributed by atoms with Gasteiger partial charge in [0, 0.05) is 29.9 Å². The molecule has 0 amide bonds. The predicted molar refractivity (Wildman–Crippen MR) is 86.9 cm³/mol. The zero-order valence-electron chi connectivity index (χ0n) is 14.1. The molecule has 20 heavy (non-hydrogen) atoms. The quantitative estimate of drug-likeness (QED) is 0.677. The Morgan fingerprint density at radius 1 is 1.10 bits per heavy atom. The molecule has 0 aromatic carbocycles. The third kappa shape index (κ3) is 6.56. The molecular formula is C17H33N3. The van der Waals surface area contributed by atoms with E-state index in [4.69, 9.17) is 0 Å². The average molecular weight is 279 g/mol. The Kier molecular flexibility index (Phi) is 7.28. The summed E-state index contributed by atoms with van der Waals surface area (Å²) >= 11 is 0. The Balaban J connectivity index is 2.31. The molecule has 0 atom stereocenters. The molecule has 1 aromatic heterocycles. The molecule has 0 saturated carbocycles. The van der Waals surface area contributed by atoms with E-state index < -0.39 is 0 Å². The zero-order valence-corrected chi connectivity index (χ0v) is 14.1. The van der Waals surface area contributed by atoms with Crippen LogP contribution >= 0.6 is 0 Å². The molecule has 0 saturated heterocycles. The highest BCUT2D eigenvalue weighted by Crippen LogP contribution is 2.11. The summed E-state index contributed by atoms with van der Waals surface area (Å²) < 4.78 is 2.17. The molecule has 116 valence electrons. The van der Waals surface area contributed by atoms with Crippen molar-refractivity contribution in [1.82, 2.24) is 15.1 Å². The third-order valence-electron chi connectivity index (χ3n) is 3.74. The molecule has 1 aromatic rings. The van der Waals surface area contributed by atoms with Crippen molar-refractivity contribution in [2.75, 3.05) is 0 Å². The first kappa shape index (κ1) is 17.2. The monoisotopic (exact) mass is 279 g/mol. The number of unbranched alkanes of at least 4 members (excludes halogenated alkanes) is 5. The molecule has 0 aliphatic carbocycles. The fraction of sp³-hybridized carbons (Fsp3) is 0.824. The van der Waals surface area contributed by atoms with Gasteiger partial charge >= 0.3 is 0 Å². The normalized spacial score (nSPS) is 12.1. The lowest BCUT2D eigenvalue weighted by Crippen LogP contribution is -2.35. The van der Waals surface area contributed by atoms with Gasteiger partial charge in [0.25, 0.3) is 0 Å². The van der Waals surface area contributed by atoms with E-state index in [0.717, 1.165) is 13.1 Å². The molecule has 0 aliphatic rings. The highest BCUT2D eigenvalue weighted by molar-refractivity contribution is 5.16. The van der Waals surface area contributed by atoms with Crippen molar-refractivity contribution in [3.8, 4) is 0 Å². The Morgan fingerprint density at radius 3 is 2.40 bits per heavy atom. The van der Waals surface area contributed by atoms with E-state index in [1.165, 1.54) is 49.8 Å². The van der Waals surface area contributed by atoms with Crippen molar-refractivity contribution in [1.29, 1.82) is 0 Å². The van der Waals surface area contributed by atoms with Gasteiger partial charge in [-0.2, -0.15) is 5.10 Å². The van der Waals surface area contributed by atoms with Crippen molar-refractivity contribution >= 4 is 0 Å². The summed E-state index contributed by atoms with van der Waals surface area (Å²) in [4.78, 5) is 0. The summed E-state index contributed by atoms with van der Waals surface area (Å²) in [5, 5.41) is 8.06. The van der Waals surface area contributed by atoms with Gasteiger partial charge in [-0.25, -0.2) is 0 Å². The molecular weight excluding hydrogens is 246 g/mol. The Morgan fingerprint density at radius 2 is 1.75 bits per heavy atom. The number of nitrogens with one attached hydrogen (secondary N) is 1. The van der Waals surface area contributed by atoms with Crippen LogP contribution in [-0.4, -0.2) is 15.3 Å². The lowest BCUT2D eigenvalue weighted by Gasteiger charge is -2.20. The standard InChI is InChI=1S/C17H33N3/c1-6-7-8-9-10-11-12-20-15(2)16(14-19-20)13-18-17(3,4)5/h14,18H,6-13H2,1-5H3. The van der Waals surface area contributed by atoms with Gasteiger partial charge in [-0.3, -0.25) is 4.68 Å². The van der Waals surface area contributed by atoms with E-state index >= 15 is 0 Å². The SMILES string of the molecule is CCCCCCCCn1ncc(CNC(C)(C)C)c1C. The van der Waals surface area contributed by atoms with Crippen LogP contribution in [0.5, 0.6) is 0 Å². The van der Waals surface area contributed by atoms with E-state index in [1.54, 1.807) is 0 Å². The third-order valence-corrected chi connectivity index (χ3v) is 3.74. The first-order valence-electron chi connectivity index (χ1n) is 8.20. The maximum atomic E-state index is 4.53. The Labute approximate surface area is 125 Å². The van der Waals surface area contributed by atoms with Crippen LogP contribution in [0.2, 0.25) is 0 Å². The van der Waals surface area contributed by atoms with Crippen LogP contribution in [0, 0.1) is 6.92 Å². The molecule has 0 aliphatic heterocycles. The van der Waals surface area contributed by atoms with Crippen LogP contribution in [0.3, 0.4) is 0 Å². The Bertz CT molecular complexity index is 374. The number of rotatable bonds is 9. The van der Waals surface area contributed by atoms with E-state index in [9.17, 15) is 0 Å². The predicted octanol–water partition coefficient (Wildman–Crippen LogP) is 4.44. The summed E-state index contributed by atoms with van der Waals surface area (Å²) in [6.07, 6.45) is 10.0. The number of hydrogen-bond donors (Lipinski definition) is 1. The van der Waals surface area contributed by atoms with Crippen molar-refractivity contribution < 1.29 is 0 Å². The van der Waals surface area contributed by atoms with Gasteiger partial charge in [0.05, 0.1) is 6.20 Å². The smallest absolute Gasteiger partial charge is 0.0537 e. The summed E-state index contributed by atoms with van der Waals surface area (Å²) in [6, 6.07) is 0. The van der Waals surface area contributed by atoms with E-state index in [-0.39, 0.29) is 5.54 Å². The van der Waals surface area contributed by atoms with Crippen LogP contribution in [0.1, 0.15) is 77.5 Å². The highest BCUT2D eigenvalue weighted by atomic mass is 15.3. The molecule has 3 nitrogen and oxygen atoms in total. The summed E-state index contributed by atoms with van der Waals surface area (Å²) in [5.74, 6) is 0. The molecule has 1 N–H and O–H groups in total. The molecule has 0 spiro atoms. The number of hydrogen-bond acceptors (Lipinski definition) is 2. The lowest BCUT2D eigenvalue weighted by molar-refractivity contribution is 0.423. The minimum atomic E-state index is 0.161. The number of aryl methyl sites for hydroxylation is 1. The molecule has 0 fully saturated rings. The van der Waals surface area contributed by atoms with Gasteiger partial charge in [-0.1, -0.05) is 39.0 Å². The average Bonchev–Trinajstić information content (AvgIpc) is 2.72. The van der Waals surface area contributed by atoms with Crippen molar-refractivity contribution in [2.45, 2.75) is 91.8 Å².